The SMILES string of the molecule is CCN(c1ccnc(CN)c1)c1ccccc1C. The largest absolute Gasteiger partial charge is 0.341 e. The second-order valence-electron chi connectivity index (χ2n) is 4.24. The van der Waals surface area contributed by atoms with Crippen LogP contribution in [0.2, 0.25) is 0 Å². The number of nitrogens with two attached hydrogens (primary N) is 1. The lowest BCUT2D eigenvalue weighted by atomic mass is 10.1. The molecule has 0 aliphatic heterocycles. The molecule has 0 aliphatic carbocycles. The number of aromatic nitrogens is 1. The number of aryl methyl sites for hydroxylation is 1. The van der Waals surface area contributed by atoms with Crippen LogP contribution in [0.15, 0.2) is 42.6 Å². The Morgan fingerprint density at radius 3 is 2.67 bits per heavy atom. The van der Waals surface area contributed by atoms with Crippen LogP contribution in [0.4, 0.5) is 11.4 Å². The van der Waals surface area contributed by atoms with Gasteiger partial charge in [-0.3, -0.25) is 4.98 Å². The predicted octanol–water partition coefficient (Wildman–Crippen LogP) is 3.01. The summed E-state index contributed by atoms with van der Waals surface area (Å²) in [5.41, 5.74) is 10.2. The van der Waals surface area contributed by atoms with Crippen LogP contribution in [0.3, 0.4) is 0 Å². The zero-order valence-electron chi connectivity index (χ0n) is 10.9. The van der Waals surface area contributed by atoms with E-state index in [0.29, 0.717) is 6.54 Å². The topological polar surface area (TPSA) is 42.2 Å². The summed E-state index contributed by atoms with van der Waals surface area (Å²) < 4.78 is 0. The lowest BCUT2D eigenvalue weighted by molar-refractivity contribution is 0.966. The zero-order chi connectivity index (χ0) is 13.0. The first-order valence-electron chi connectivity index (χ1n) is 6.24. The molecule has 0 fully saturated rings. The fourth-order valence-electron chi connectivity index (χ4n) is 2.10. The van der Waals surface area contributed by atoms with Crippen LogP contribution in [0.25, 0.3) is 0 Å². The summed E-state index contributed by atoms with van der Waals surface area (Å²) in [6.45, 7) is 5.66. The van der Waals surface area contributed by atoms with Crippen molar-refractivity contribution in [3.8, 4) is 0 Å². The summed E-state index contributed by atoms with van der Waals surface area (Å²) in [6, 6.07) is 12.5. The number of nitrogens with zero attached hydrogens (tertiary/aromatic N) is 2. The lowest BCUT2D eigenvalue weighted by Crippen LogP contribution is -2.17. The smallest absolute Gasteiger partial charge is 0.0560 e. The maximum absolute atomic E-state index is 5.65. The van der Waals surface area contributed by atoms with E-state index in [0.717, 1.165) is 17.9 Å². The van der Waals surface area contributed by atoms with E-state index in [1.807, 2.05) is 12.3 Å². The Bertz CT molecular complexity index is 523. The molecule has 1 heterocycles. The van der Waals surface area contributed by atoms with Crippen molar-refractivity contribution in [2.24, 2.45) is 5.73 Å². The molecule has 3 heteroatoms. The van der Waals surface area contributed by atoms with Crippen molar-refractivity contribution in [2.75, 3.05) is 11.4 Å². The monoisotopic (exact) mass is 241 g/mol. The molecule has 0 unspecified atom stereocenters. The van der Waals surface area contributed by atoms with Gasteiger partial charge >= 0.3 is 0 Å². The van der Waals surface area contributed by atoms with Gasteiger partial charge in [0, 0.05) is 30.7 Å². The summed E-state index contributed by atoms with van der Waals surface area (Å²) in [4.78, 5) is 6.51. The highest BCUT2D eigenvalue weighted by atomic mass is 15.1. The minimum absolute atomic E-state index is 0.471. The Hall–Kier alpha value is -1.87. The van der Waals surface area contributed by atoms with E-state index < -0.39 is 0 Å². The third-order valence-electron chi connectivity index (χ3n) is 3.04. The quantitative estimate of drug-likeness (QED) is 0.894. The molecule has 0 radical (unpaired) electrons. The summed E-state index contributed by atoms with van der Waals surface area (Å²) >= 11 is 0. The van der Waals surface area contributed by atoms with Gasteiger partial charge in [-0.15, -0.1) is 0 Å². The van der Waals surface area contributed by atoms with Gasteiger partial charge in [0.2, 0.25) is 0 Å². The first-order chi connectivity index (χ1) is 8.76. The Balaban J connectivity index is 2.42. The van der Waals surface area contributed by atoms with E-state index in [1.54, 1.807) is 0 Å². The maximum Gasteiger partial charge on any atom is 0.0560 e. The summed E-state index contributed by atoms with van der Waals surface area (Å²) in [6.07, 6.45) is 1.82. The van der Waals surface area contributed by atoms with Gasteiger partial charge in [-0.2, -0.15) is 0 Å². The Labute approximate surface area is 108 Å². The van der Waals surface area contributed by atoms with Gasteiger partial charge in [0.05, 0.1) is 5.69 Å². The van der Waals surface area contributed by atoms with Gasteiger partial charge in [0.25, 0.3) is 0 Å². The number of anilines is 2. The first kappa shape index (κ1) is 12.6. The summed E-state index contributed by atoms with van der Waals surface area (Å²) in [5.74, 6) is 0. The normalized spacial score (nSPS) is 10.4. The number of hydrogen-bond acceptors (Lipinski definition) is 3. The van der Waals surface area contributed by atoms with Crippen LogP contribution >= 0.6 is 0 Å². The third kappa shape index (κ3) is 2.51. The van der Waals surface area contributed by atoms with Crippen molar-refractivity contribution in [3.05, 3.63) is 53.9 Å². The minimum atomic E-state index is 0.471. The van der Waals surface area contributed by atoms with Gasteiger partial charge in [0.1, 0.15) is 0 Å². The number of para-hydroxylation sites is 1. The molecule has 2 rings (SSSR count). The van der Waals surface area contributed by atoms with E-state index in [1.165, 1.54) is 11.3 Å². The first-order valence-corrected chi connectivity index (χ1v) is 6.24. The molecule has 2 aromatic rings. The molecule has 1 aromatic carbocycles. The summed E-state index contributed by atoms with van der Waals surface area (Å²) in [7, 11) is 0. The van der Waals surface area contributed by atoms with Gasteiger partial charge in [-0.25, -0.2) is 0 Å². The van der Waals surface area contributed by atoms with Crippen LogP contribution in [0, 0.1) is 6.92 Å². The maximum atomic E-state index is 5.65. The Morgan fingerprint density at radius 1 is 1.22 bits per heavy atom. The van der Waals surface area contributed by atoms with Crippen LogP contribution in [-0.4, -0.2) is 11.5 Å². The predicted molar refractivity (Wildman–Crippen MR) is 76.0 cm³/mol. The fourth-order valence-corrected chi connectivity index (χ4v) is 2.10. The van der Waals surface area contributed by atoms with Crippen molar-refractivity contribution in [1.82, 2.24) is 4.98 Å². The molecule has 94 valence electrons. The van der Waals surface area contributed by atoms with Crippen LogP contribution < -0.4 is 10.6 Å². The number of hydrogen-bond donors (Lipinski definition) is 1. The van der Waals surface area contributed by atoms with E-state index in [4.69, 9.17) is 5.73 Å². The molecule has 0 saturated heterocycles. The summed E-state index contributed by atoms with van der Waals surface area (Å²) in [5, 5.41) is 0. The van der Waals surface area contributed by atoms with Gasteiger partial charge < -0.3 is 10.6 Å². The molecule has 1 aromatic heterocycles. The Morgan fingerprint density at radius 2 is 2.00 bits per heavy atom. The molecule has 0 amide bonds. The molecular weight excluding hydrogens is 222 g/mol. The molecular formula is C15H19N3. The van der Waals surface area contributed by atoms with Crippen molar-refractivity contribution >= 4 is 11.4 Å². The lowest BCUT2D eigenvalue weighted by Gasteiger charge is -2.25. The fraction of sp³-hybridized carbons (Fsp3) is 0.267. The van der Waals surface area contributed by atoms with E-state index in [-0.39, 0.29) is 0 Å². The van der Waals surface area contributed by atoms with Gasteiger partial charge in [0.15, 0.2) is 0 Å². The molecule has 0 saturated carbocycles. The molecule has 3 nitrogen and oxygen atoms in total. The third-order valence-corrected chi connectivity index (χ3v) is 3.04. The van der Waals surface area contributed by atoms with Crippen molar-refractivity contribution < 1.29 is 0 Å². The van der Waals surface area contributed by atoms with Crippen LogP contribution in [0.5, 0.6) is 0 Å². The number of benzene rings is 1. The highest BCUT2D eigenvalue weighted by molar-refractivity contribution is 5.66. The number of pyridine rings is 1. The van der Waals surface area contributed by atoms with Crippen LogP contribution in [0.1, 0.15) is 18.2 Å². The van der Waals surface area contributed by atoms with Crippen molar-refractivity contribution in [3.63, 3.8) is 0 Å². The van der Waals surface area contributed by atoms with Crippen molar-refractivity contribution in [1.29, 1.82) is 0 Å². The van der Waals surface area contributed by atoms with Crippen LogP contribution in [-0.2, 0) is 6.54 Å². The molecule has 0 atom stereocenters. The highest BCUT2D eigenvalue weighted by Crippen LogP contribution is 2.27. The second-order valence-corrected chi connectivity index (χ2v) is 4.24. The second kappa shape index (κ2) is 5.65. The molecule has 18 heavy (non-hydrogen) atoms. The average Bonchev–Trinajstić information content (AvgIpc) is 2.42. The van der Waals surface area contributed by atoms with Gasteiger partial charge in [-0.1, -0.05) is 18.2 Å². The molecule has 0 spiro atoms. The minimum Gasteiger partial charge on any atom is -0.341 e. The molecule has 0 aliphatic rings. The number of rotatable bonds is 4. The molecule has 0 bridgehead atoms. The van der Waals surface area contributed by atoms with E-state index in [9.17, 15) is 0 Å². The Kier molecular flexibility index (Phi) is 3.95. The zero-order valence-corrected chi connectivity index (χ0v) is 10.9. The average molecular weight is 241 g/mol. The van der Waals surface area contributed by atoms with E-state index >= 15 is 0 Å². The molecule has 2 N–H and O–H groups in total. The van der Waals surface area contributed by atoms with E-state index in [2.05, 4.69) is 54.1 Å². The highest BCUT2D eigenvalue weighted by Gasteiger charge is 2.09. The van der Waals surface area contributed by atoms with Gasteiger partial charge in [-0.05, 0) is 37.6 Å². The standard InChI is InChI=1S/C15H19N3/c1-3-18(15-7-5-4-6-12(15)2)14-8-9-17-13(10-14)11-16/h4-10H,3,11,16H2,1-2H3. The van der Waals surface area contributed by atoms with Crippen molar-refractivity contribution in [2.45, 2.75) is 20.4 Å².